The molecule has 45 heavy (non-hydrogen) atoms. The van der Waals surface area contributed by atoms with Crippen molar-refractivity contribution in [1.82, 2.24) is 19.8 Å². The normalized spacial score (nSPS) is 20.2. The van der Waals surface area contributed by atoms with Crippen LogP contribution in [-0.4, -0.2) is 89.5 Å². The number of fused-ring (bicyclic) bond motifs is 4. The number of piperazine rings is 1. The summed E-state index contributed by atoms with van der Waals surface area (Å²) in [5.41, 5.74) is 3.79. The van der Waals surface area contributed by atoms with Crippen molar-refractivity contribution in [3.63, 3.8) is 0 Å². The number of rotatable bonds is 6. The molecule has 4 heterocycles. The highest BCUT2D eigenvalue weighted by atomic mass is 35.5. The molecule has 0 saturated carbocycles. The van der Waals surface area contributed by atoms with Gasteiger partial charge in [-0.15, -0.1) is 0 Å². The molecule has 0 aliphatic carbocycles. The molecule has 3 aromatic carbocycles. The van der Waals surface area contributed by atoms with E-state index in [1.807, 2.05) is 18.2 Å². The van der Waals surface area contributed by atoms with Gasteiger partial charge in [-0.3, -0.25) is 0 Å². The van der Waals surface area contributed by atoms with Crippen molar-refractivity contribution in [2.45, 2.75) is 44.2 Å². The third-order valence-electron chi connectivity index (χ3n) is 9.40. The van der Waals surface area contributed by atoms with Gasteiger partial charge in [0.1, 0.15) is 18.2 Å². The highest BCUT2D eigenvalue weighted by Crippen LogP contribution is 2.46. The van der Waals surface area contributed by atoms with E-state index in [9.17, 15) is 15.2 Å². The lowest BCUT2D eigenvalue weighted by atomic mass is 9.89. The number of anilines is 1. The van der Waals surface area contributed by atoms with Gasteiger partial charge < -0.3 is 29.3 Å². The summed E-state index contributed by atoms with van der Waals surface area (Å²) in [6.45, 7) is 3.07. The van der Waals surface area contributed by atoms with E-state index in [0.29, 0.717) is 42.7 Å². The molecule has 1 aromatic heterocycles. The molecule has 10 nitrogen and oxygen atoms in total. The number of likely N-dealkylation sites (tertiary alicyclic amines) is 1. The van der Waals surface area contributed by atoms with Gasteiger partial charge in [0.25, 0.3) is 0 Å². The Morgan fingerprint density at radius 1 is 1.11 bits per heavy atom. The van der Waals surface area contributed by atoms with Crippen LogP contribution in [0.1, 0.15) is 31.2 Å². The summed E-state index contributed by atoms with van der Waals surface area (Å²) in [6.07, 6.45) is 2.94. The molecule has 2 saturated heterocycles. The van der Waals surface area contributed by atoms with Gasteiger partial charge in [0, 0.05) is 41.6 Å². The van der Waals surface area contributed by atoms with Gasteiger partial charge in [-0.25, -0.2) is 4.79 Å². The van der Waals surface area contributed by atoms with Crippen LogP contribution >= 0.6 is 11.6 Å². The summed E-state index contributed by atoms with van der Waals surface area (Å²) in [4.78, 5) is 27.6. The first-order chi connectivity index (χ1) is 21.9. The van der Waals surface area contributed by atoms with E-state index in [1.165, 1.54) is 4.90 Å². The maximum atomic E-state index is 12.0. The second-order valence-electron chi connectivity index (χ2n) is 12.1. The number of halogens is 1. The topological polar surface area (TPSA) is 115 Å². The Morgan fingerprint density at radius 3 is 2.73 bits per heavy atom. The molecule has 2 unspecified atom stereocenters. The first-order valence-corrected chi connectivity index (χ1v) is 15.9. The van der Waals surface area contributed by atoms with Crippen molar-refractivity contribution >= 4 is 45.2 Å². The number of nitrogens with zero attached hydrogens (tertiary/aromatic N) is 6. The summed E-state index contributed by atoms with van der Waals surface area (Å²) in [6, 6.07) is 16.5. The number of ether oxygens (including phenoxy) is 2. The van der Waals surface area contributed by atoms with E-state index in [2.05, 4.69) is 47.2 Å². The fraction of sp³-hybridized carbons (Fsp3) is 0.412. The lowest BCUT2D eigenvalue weighted by Crippen LogP contribution is -2.55. The number of hydrogen-bond donors (Lipinski definition) is 1. The molecule has 1 amide bonds. The fourth-order valence-corrected chi connectivity index (χ4v) is 7.37. The van der Waals surface area contributed by atoms with Gasteiger partial charge in [-0.1, -0.05) is 41.9 Å². The summed E-state index contributed by atoms with van der Waals surface area (Å²) < 4.78 is 12.8. The third kappa shape index (κ3) is 5.45. The Labute approximate surface area is 266 Å². The molecule has 7 rings (SSSR count). The Balaban J connectivity index is 1.41. The monoisotopic (exact) mass is 626 g/mol. The lowest BCUT2D eigenvalue weighted by molar-refractivity contribution is 0.119. The van der Waals surface area contributed by atoms with Crippen LogP contribution in [0.25, 0.3) is 32.8 Å². The lowest BCUT2D eigenvalue weighted by Gasteiger charge is -2.40. The number of nitriles is 1. The SMILES string of the molecule is CN1CCCC1COc1nc(N2CCN(C(=O)O)C(CC#N)C2)c2c3c(c(-c4cccc5cccc(Cl)c45)cc2n1)CCCO3. The number of amides is 1. The minimum Gasteiger partial charge on any atom is -0.492 e. The van der Waals surface area contributed by atoms with Crippen LogP contribution < -0.4 is 14.4 Å². The fourth-order valence-electron chi connectivity index (χ4n) is 7.09. The van der Waals surface area contributed by atoms with Gasteiger partial charge >= 0.3 is 12.1 Å². The molecular formula is C34H35ClN6O4. The van der Waals surface area contributed by atoms with E-state index < -0.39 is 12.1 Å². The van der Waals surface area contributed by atoms with Crippen molar-refractivity contribution in [1.29, 1.82) is 5.26 Å². The molecule has 3 aliphatic rings. The van der Waals surface area contributed by atoms with Gasteiger partial charge in [0.2, 0.25) is 0 Å². The maximum Gasteiger partial charge on any atom is 0.407 e. The van der Waals surface area contributed by atoms with Crippen LogP contribution in [-0.2, 0) is 6.42 Å². The van der Waals surface area contributed by atoms with Crippen LogP contribution in [0.5, 0.6) is 11.8 Å². The third-order valence-corrected chi connectivity index (χ3v) is 9.71. The standard InChI is InChI=1S/C34H35ClN6O4/c1-39-14-4-8-23(39)20-45-33-37-28-18-26(24-9-2-6-21-7-3-11-27(35)29(21)24)25-10-5-17-44-31(25)30(28)32(38-33)40-15-16-41(34(42)43)22(19-40)12-13-36/h2-3,6-7,9,11,18,22-23H,4-5,8,10,12,14-17,19-20H2,1H3,(H,42,43). The van der Waals surface area contributed by atoms with E-state index >= 15 is 0 Å². The van der Waals surface area contributed by atoms with Gasteiger partial charge in [0.05, 0.1) is 36.0 Å². The number of carbonyl (C=O) groups is 1. The van der Waals surface area contributed by atoms with Crippen molar-refractivity contribution in [3.05, 3.63) is 53.1 Å². The molecule has 0 bridgehead atoms. The van der Waals surface area contributed by atoms with E-state index in [0.717, 1.165) is 70.8 Å². The predicted octanol–water partition coefficient (Wildman–Crippen LogP) is 5.98. The zero-order chi connectivity index (χ0) is 31.1. The number of hydrogen-bond acceptors (Lipinski definition) is 8. The van der Waals surface area contributed by atoms with Crippen molar-refractivity contribution in [2.75, 3.05) is 51.3 Å². The van der Waals surface area contributed by atoms with Crippen molar-refractivity contribution < 1.29 is 19.4 Å². The van der Waals surface area contributed by atoms with Gasteiger partial charge in [0.15, 0.2) is 0 Å². The minimum atomic E-state index is -1.02. The van der Waals surface area contributed by atoms with E-state index in [4.69, 9.17) is 31.0 Å². The van der Waals surface area contributed by atoms with Crippen molar-refractivity contribution in [2.24, 2.45) is 0 Å². The van der Waals surface area contributed by atoms with E-state index in [1.54, 1.807) is 0 Å². The molecule has 0 spiro atoms. The Bertz CT molecular complexity index is 1820. The number of likely N-dealkylation sites (N-methyl/N-ethyl adjacent to an activating group) is 1. The number of carboxylic acid groups (broad SMARTS) is 1. The molecule has 4 aromatic rings. The van der Waals surface area contributed by atoms with Crippen molar-refractivity contribution in [3.8, 4) is 29.0 Å². The second kappa shape index (κ2) is 12.2. The van der Waals surface area contributed by atoms with E-state index in [-0.39, 0.29) is 25.0 Å². The van der Waals surface area contributed by atoms with Crippen LogP contribution in [0, 0.1) is 11.3 Å². The molecule has 3 aliphatic heterocycles. The molecule has 2 fully saturated rings. The quantitative estimate of drug-likeness (QED) is 0.276. The Morgan fingerprint density at radius 2 is 1.96 bits per heavy atom. The number of aromatic nitrogens is 2. The summed E-state index contributed by atoms with van der Waals surface area (Å²) >= 11 is 6.80. The van der Waals surface area contributed by atoms with Crippen LogP contribution in [0.3, 0.4) is 0 Å². The van der Waals surface area contributed by atoms with Gasteiger partial charge in [-0.2, -0.15) is 15.2 Å². The van der Waals surface area contributed by atoms with Gasteiger partial charge in [-0.05, 0) is 67.9 Å². The Hall–Kier alpha value is -4.33. The highest BCUT2D eigenvalue weighted by molar-refractivity contribution is 6.36. The predicted molar refractivity (Wildman–Crippen MR) is 173 cm³/mol. The van der Waals surface area contributed by atoms with Crippen LogP contribution in [0.15, 0.2) is 42.5 Å². The first kappa shape index (κ1) is 29.4. The average Bonchev–Trinajstić information content (AvgIpc) is 3.47. The average molecular weight is 627 g/mol. The summed E-state index contributed by atoms with van der Waals surface area (Å²) in [5, 5.41) is 22.8. The first-order valence-electron chi connectivity index (χ1n) is 15.6. The number of benzene rings is 3. The van der Waals surface area contributed by atoms with Crippen LogP contribution in [0.2, 0.25) is 5.02 Å². The molecule has 11 heteroatoms. The highest BCUT2D eigenvalue weighted by Gasteiger charge is 2.34. The molecular weight excluding hydrogens is 592 g/mol. The largest absolute Gasteiger partial charge is 0.492 e. The Kier molecular flexibility index (Phi) is 7.98. The molecule has 0 radical (unpaired) electrons. The zero-order valence-electron chi connectivity index (χ0n) is 25.2. The zero-order valence-corrected chi connectivity index (χ0v) is 26.0. The molecule has 1 N–H and O–H groups in total. The summed E-state index contributed by atoms with van der Waals surface area (Å²) in [5.74, 6) is 1.38. The minimum absolute atomic E-state index is 0.0871. The smallest absolute Gasteiger partial charge is 0.407 e. The molecule has 2 atom stereocenters. The molecule has 232 valence electrons. The maximum absolute atomic E-state index is 12.0. The van der Waals surface area contributed by atoms with Crippen LogP contribution in [0.4, 0.5) is 10.6 Å². The summed E-state index contributed by atoms with van der Waals surface area (Å²) in [7, 11) is 2.11. The second-order valence-corrected chi connectivity index (χ2v) is 12.5.